The lowest BCUT2D eigenvalue weighted by Crippen LogP contribution is -2.23. The van der Waals surface area contributed by atoms with E-state index in [4.69, 9.17) is 4.63 Å². The van der Waals surface area contributed by atoms with Crippen LogP contribution < -0.4 is 5.32 Å². The first-order valence-corrected chi connectivity index (χ1v) is 8.90. The molecule has 0 radical (unpaired) electrons. The van der Waals surface area contributed by atoms with Gasteiger partial charge < -0.3 is 5.32 Å². The summed E-state index contributed by atoms with van der Waals surface area (Å²) in [7, 11) is 1.75. The first kappa shape index (κ1) is 17.3. The van der Waals surface area contributed by atoms with Crippen molar-refractivity contribution in [1.29, 1.82) is 0 Å². The summed E-state index contributed by atoms with van der Waals surface area (Å²) in [5.41, 5.74) is 3.41. The molecule has 140 valence electrons. The predicted octanol–water partition coefficient (Wildman–Crippen LogP) is 2.10. The second kappa shape index (κ2) is 7.28. The van der Waals surface area contributed by atoms with Crippen LogP contribution in [0.1, 0.15) is 46.2 Å². The zero-order valence-corrected chi connectivity index (χ0v) is 15.3. The number of aromatic nitrogens is 5. The monoisotopic (exact) mass is 367 g/mol. The zero-order valence-electron chi connectivity index (χ0n) is 15.3. The topological polar surface area (TPSA) is 102 Å². The minimum atomic E-state index is -0.202. The molecular formula is C18H21N7O2. The van der Waals surface area contributed by atoms with Gasteiger partial charge in [0.05, 0.1) is 12.2 Å². The average molecular weight is 367 g/mol. The van der Waals surface area contributed by atoms with Gasteiger partial charge >= 0.3 is 0 Å². The smallest absolute Gasteiger partial charge is 0.256 e. The van der Waals surface area contributed by atoms with Crippen LogP contribution in [0.5, 0.6) is 0 Å². The van der Waals surface area contributed by atoms with Crippen LogP contribution in [-0.2, 0) is 13.6 Å². The number of nitrogens with one attached hydrogen (secondary N) is 1. The van der Waals surface area contributed by atoms with Crippen molar-refractivity contribution in [2.75, 3.05) is 11.9 Å². The number of likely N-dealkylation sites (tertiary alicyclic amines) is 1. The Bertz CT molecular complexity index is 949. The molecule has 4 rings (SSSR count). The van der Waals surface area contributed by atoms with Crippen LogP contribution in [0.15, 0.2) is 35.1 Å². The van der Waals surface area contributed by atoms with Gasteiger partial charge in [-0.25, -0.2) is 4.63 Å². The maximum Gasteiger partial charge on any atom is 0.256 e. The Hall–Kier alpha value is -3.07. The summed E-state index contributed by atoms with van der Waals surface area (Å²) in [4.78, 5) is 14.8. The molecule has 3 heterocycles. The molecule has 1 amide bonds. The van der Waals surface area contributed by atoms with E-state index in [0.29, 0.717) is 11.4 Å². The maximum absolute atomic E-state index is 12.5. The minimum absolute atomic E-state index is 0.202. The van der Waals surface area contributed by atoms with Crippen LogP contribution in [0.4, 0.5) is 5.82 Å². The average Bonchev–Trinajstić information content (AvgIpc) is 3.37. The Morgan fingerprint density at radius 2 is 2.26 bits per heavy atom. The SMILES string of the molecule is Cc1nonc1C1CCCN1Cc1cccc(C(=O)Nc2cn(C)nn2)c1. The highest BCUT2D eigenvalue weighted by molar-refractivity contribution is 6.03. The molecule has 1 atom stereocenters. The molecule has 0 bridgehead atoms. The van der Waals surface area contributed by atoms with Crippen molar-refractivity contribution in [2.24, 2.45) is 7.05 Å². The van der Waals surface area contributed by atoms with Crippen LogP contribution in [0.25, 0.3) is 0 Å². The highest BCUT2D eigenvalue weighted by Gasteiger charge is 2.30. The number of nitrogens with zero attached hydrogens (tertiary/aromatic N) is 6. The van der Waals surface area contributed by atoms with E-state index in [-0.39, 0.29) is 11.9 Å². The summed E-state index contributed by atoms with van der Waals surface area (Å²) in [6, 6.07) is 7.84. The van der Waals surface area contributed by atoms with Gasteiger partial charge in [-0.1, -0.05) is 27.7 Å². The summed E-state index contributed by atoms with van der Waals surface area (Å²) in [5.74, 6) is 0.230. The molecule has 1 unspecified atom stereocenters. The van der Waals surface area contributed by atoms with Gasteiger partial charge in [0.1, 0.15) is 11.4 Å². The first-order chi connectivity index (χ1) is 13.1. The molecule has 1 aliphatic heterocycles. The van der Waals surface area contributed by atoms with E-state index < -0.39 is 0 Å². The predicted molar refractivity (Wildman–Crippen MR) is 96.8 cm³/mol. The molecule has 1 N–H and O–H groups in total. The summed E-state index contributed by atoms with van der Waals surface area (Å²) in [6.07, 6.45) is 3.79. The van der Waals surface area contributed by atoms with Crippen LogP contribution in [0, 0.1) is 6.92 Å². The van der Waals surface area contributed by atoms with Gasteiger partial charge in [-0.2, -0.15) is 0 Å². The van der Waals surface area contributed by atoms with Gasteiger partial charge in [-0.15, -0.1) is 5.10 Å². The quantitative estimate of drug-likeness (QED) is 0.737. The third kappa shape index (κ3) is 3.72. The second-order valence-electron chi connectivity index (χ2n) is 6.80. The molecule has 9 nitrogen and oxygen atoms in total. The fraction of sp³-hybridized carbons (Fsp3) is 0.389. The molecule has 0 aliphatic carbocycles. The molecule has 9 heteroatoms. The molecule has 0 saturated carbocycles. The third-order valence-corrected chi connectivity index (χ3v) is 4.79. The molecule has 1 fully saturated rings. The van der Waals surface area contributed by atoms with Crippen molar-refractivity contribution in [3.8, 4) is 0 Å². The van der Waals surface area contributed by atoms with Gasteiger partial charge in [0.15, 0.2) is 5.82 Å². The normalized spacial score (nSPS) is 17.3. The maximum atomic E-state index is 12.5. The first-order valence-electron chi connectivity index (χ1n) is 8.90. The van der Waals surface area contributed by atoms with Crippen molar-refractivity contribution in [1.82, 2.24) is 30.2 Å². The standard InChI is InChI=1S/C18H21N7O2/c1-12-17(22-27-21-12)15-7-4-8-25(15)10-13-5-3-6-14(9-13)18(26)19-16-11-24(2)23-20-16/h3,5-6,9,11,15H,4,7-8,10H2,1-2H3,(H,19,26). The number of carbonyl (C=O) groups is 1. The lowest BCUT2D eigenvalue weighted by molar-refractivity contribution is 0.102. The molecule has 1 aliphatic rings. The van der Waals surface area contributed by atoms with E-state index in [9.17, 15) is 4.79 Å². The van der Waals surface area contributed by atoms with Gasteiger partial charge in [0.2, 0.25) is 0 Å². The summed E-state index contributed by atoms with van der Waals surface area (Å²) >= 11 is 0. The van der Waals surface area contributed by atoms with E-state index in [1.807, 2.05) is 25.1 Å². The highest BCUT2D eigenvalue weighted by Crippen LogP contribution is 2.33. The van der Waals surface area contributed by atoms with E-state index >= 15 is 0 Å². The van der Waals surface area contributed by atoms with Crippen LogP contribution in [0.3, 0.4) is 0 Å². The minimum Gasteiger partial charge on any atom is -0.304 e. The molecule has 27 heavy (non-hydrogen) atoms. The van der Waals surface area contributed by atoms with Crippen molar-refractivity contribution in [3.05, 3.63) is 53.0 Å². The van der Waals surface area contributed by atoms with E-state index in [1.54, 1.807) is 24.0 Å². The molecular weight excluding hydrogens is 346 g/mol. The number of anilines is 1. The Balaban J connectivity index is 1.47. The van der Waals surface area contributed by atoms with Crippen LogP contribution in [0.2, 0.25) is 0 Å². The number of hydrogen-bond acceptors (Lipinski definition) is 7. The summed E-state index contributed by atoms with van der Waals surface area (Å²) < 4.78 is 6.41. The Kier molecular flexibility index (Phi) is 4.68. The lowest BCUT2D eigenvalue weighted by atomic mass is 10.1. The number of amides is 1. The Morgan fingerprint density at radius 3 is 3.00 bits per heavy atom. The molecule has 3 aromatic rings. The number of hydrogen-bond donors (Lipinski definition) is 1. The van der Waals surface area contributed by atoms with Crippen molar-refractivity contribution in [3.63, 3.8) is 0 Å². The molecule has 1 aromatic carbocycles. The molecule has 1 saturated heterocycles. The van der Waals surface area contributed by atoms with Crippen molar-refractivity contribution < 1.29 is 9.42 Å². The fourth-order valence-corrected chi connectivity index (χ4v) is 3.50. The molecule has 0 spiro atoms. The molecule has 2 aromatic heterocycles. The number of aryl methyl sites for hydroxylation is 2. The van der Waals surface area contributed by atoms with Gasteiger partial charge in [0, 0.05) is 19.2 Å². The van der Waals surface area contributed by atoms with Crippen molar-refractivity contribution in [2.45, 2.75) is 32.4 Å². The van der Waals surface area contributed by atoms with E-state index in [2.05, 4.69) is 30.8 Å². The second-order valence-corrected chi connectivity index (χ2v) is 6.80. The number of rotatable bonds is 5. The van der Waals surface area contributed by atoms with Crippen LogP contribution in [-0.4, -0.2) is 42.7 Å². The van der Waals surface area contributed by atoms with Gasteiger partial charge in [0.25, 0.3) is 5.91 Å². The third-order valence-electron chi connectivity index (χ3n) is 4.79. The largest absolute Gasteiger partial charge is 0.304 e. The zero-order chi connectivity index (χ0) is 18.8. The van der Waals surface area contributed by atoms with Crippen molar-refractivity contribution >= 4 is 11.7 Å². The Morgan fingerprint density at radius 1 is 1.37 bits per heavy atom. The van der Waals surface area contributed by atoms with Gasteiger partial charge in [-0.3, -0.25) is 14.4 Å². The van der Waals surface area contributed by atoms with E-state index in [0.717, 1.165) is 42.9 Å². The highest BCUT2D eigenvalue weighted by atomic mass is 16.6. The van der Waals surface area contributed by atoms with E-state index in [1.165, 1.54) is 0 Å². The number of benzene rings is 1. The van der Waals surface area contributed by atoms with Gasteiger partial charge in [-0.05, 0) is 44.0 Å². The lowest BCUT2D eigenvalue weighted by Gasteiger charge is -2.23. The fourth-order valence-electron chi connectivity index (χ4n) is 3.50. The Labute approximate surface area is 156 Å². The number of carbonyl (C=O) groups excluding carboxylic acids is 1. The summed E-state index contributed by atoms with van der Waals surface area (Å²) in [6.45, 7) is 3.63. The summed E-state index contributed by atoms with van der Waals surface area (Å²) in [5, 5.41) is 18.4. The van der Waals surface area contributed by atoms with Crippen LogP contribution >= 0.6 is 0 Å².